The van der Waals surface area contributed by atoms with E-state index >= 15 is 0 Å². The molecule has 0 aromatic carbocycles. The fraction of sp³-hybridized carbons (Fsp3) is 0.364. The molecule has 0 radical (unpaired) electrons. The van der Waals surface area contributed by atoms with E-state index in [9.17, 15) is 4.79 Å². The fourth-order valence-electron chi connectivity index (χ4n) is 1.56. The summed E-state index contributed by atoms with van der Waals surface area (Å²) in [5, 5.41) is 7.77. The number of carbonyl (C=O) groups excluding carboxylic acids is 1. The standard InChI is InChI=1S/C11H14N4OS3/c1-15-6-7(5-13-15)4-12-9(16)8-10(17-2)14-19-11(8)18-3/h5-6H,4H2,1-3H3,(H,12,16). The molecule has 0 fully saturated rings. The Kier molecular flexibility index (Phi) is 4.89. The van der Waals surface area contributed by atoms with Crippen molar-refractivity contribution in [2.75, 3.05) is 12.5 Å². The van der Waals surface area contributed by atoms with Crippen LogP contribution < -0.4 is 5.32 Å². The van der Waals surface area contributed by atoms with Gasteiger partial charge in [-0.25, -0.2) is 0 Å². The van der Waals surface area contributed by atoms with Crippen LogP contribution in [0.25, 0.3) is 0 Å². The lowest BCUT2D eigenvalue weighted by Crippen LogP contribution is -2.23. The highest BCUT2D eigenvalue weighted by atomic mass is 32.2. The Labute approximate surface area is 124 Å². The summed E-state index contributed by atoms with van der Waals surface area (Å²) in [6.07, 6.45) is 7.51. The highest BCUT2D eigenvalue weighted by Crippen LogP contribution is 2.32. The smallest absolute Gasteiger partial charge is 0.256 e. The zero-order valence-electron chi connectivity index (χ0n) is 10.8. The van der Waals surface area contributed by atoms with E-state index in [1.165, 1.54) is 23.3 Å². The molecule has 0 aliphatic carbocycles. The van der Waals surface area contributed by atoms with Gasteiger partial charge in [0, 0.05) is 25.4 Å². The minimum atomic E-state index is -0.0775. The fourth-order valence-corrected chi connectivity index (χ4v) is 3.84. The molecule has 1 N–H and O–H groups in total. The first-order chi connectivity index (χ1) is 9.15. The van der Waals surface area contributed by atoms with Gasteiger partial charge in [-0.15, -0.1) is 23.5 Å². The maximum absolute atomic E-state index is 12.2. The summed E-state index contributed by atoms with van der Waals surface area (Å²) >= 11 is 4.42. The summed E-state index contributed by atoms with van der Waals surface area (Å²) in [4.78, 5) is 12.2. The molecule has 2 aromatic rings. The Morgan fingerprint density at radius 1 is 1.47 bits per heavy atom. The monoisotopic (exact) mass is 314 g/mol. The number of thioether (sulfide) groups is 2. The minimum Gasteiger partial charge on any atom is -0.348 e. The highest BCUT2D eigenvalue weighted by Gasteiger charge is 2.19. The van der Waals surface area contributed by atoms with Gasteiger partial charge in [-0.05, 0) is 24.0 Å². The first-order valence-corrected chi connectivity index (χ1v) is 8.71. The van der Waals surface area contributed by atoms with Crippen LogP contribution in [0.5, 0.6) is 0 Å². The van der Waals surface area contributed by atoms with Crippen LogP contribution in [0.4, 0.5) is 0 Å². The molecule has 0 saturated carbocycles. The van der Waals surface area contributed by atoms with Crippen LogP contribution in [0.2, 0.25) is 0 Å². The van der Waals surface area contributed by atoms with E-state index in [4.69, 9.17) is 0 Å². The van der Waals surface area contributed by atoms with Crippen molar-refractivity contribution in [3.05, 3.63) is 23.5 Å². The van der Waals surface area contributed by atoms with Gasteiger partial charge in [-0.3, -0.25) is 9.48 Å². The Hall–Kier alpha value is -0.990. The van der Waals surface area contributed by atoms with Gasteiger partial charge in [0.05, 0.1) is 16.0 Å². The van der Waals surface area contributed by atoms with E-state index in [1.807, 2.05) is 25.8 Å². The maximum atomic E-state index is 12.2. The van der Waals surface area contributed by atoms with Gasteiger partial charge in [0.1, 0.15) is 5.03 Å². The molecule has 8 heteroatoms. The Balaban J connectivity index is 2.09. The van der Waals surface area contributed by atoms with E-state index in [-0.39, 0.29) is 5.91 Å². The maximum Gasteiger partial charge on any atom is 0.256 e. The third-order valence-electron chi connectivity index (χ3n) is 2.45. The van der Waals surface area contributed by atoms with E-state index < -0.39 is 0 Å². The van der Waals surface area contributed by atoms with Crippen LogP contribution in [-0.2, 0) is 13.6 Å². The van der Waals surface area contributed by atoms with Crippen LogP contribution in [-0.4, -0.2) is 32.6 Å². The average Bonchev–Trinajstić information content (AvgIpc) is 3.01. The third-order valence-corrected chi connectivity index (χ3v) is 5.19. The van der Waals surface area contributed by atoms with Crippen LogP contribution in [0.3, 0.4) is 0 Å². The molecule has 0 aliphatic rings. The molecule has 0 aliphatic heterocycles. The summed E-state index contributed by atoms with van der Waals surface area (Å²) in [5.74, 6) is -0.0775. The first-order valence-electron chi connectivity index (χ1n) is 5.49. The minimum absolute atomic E-state index is 0.0775. The summed E-state index contributed by atoms with van der Waals surface area (Å²) in [6.45, 7) is 0.476. The lowest BCUT2D eigenvalue weighted by Gasteiger charge is -2.04. The predicted octanol–water partition coefficient (Wildman–Crippen LogP) is 2.25. The molecule has 1 amide bonds. The summed E-state index contributed by atoms with van der Waals surface area (Å²) in [6, 6.07) is 0. The average molecular weight is 314 g/mol. The second kappa shape index (κ2) is 6.44. The second-order valence-electron chi connectivity index (χ2n) is 3.76. The van der Waals surface area contributed by atoms with Gasteiger partial charge in [-0.2, -0.15) is 9.47 Å². The number of hydrogen-bond acceptors (Lipinski definition) is 6. The Morgan fingerprint density at radius 2 is 2.26 bits per heavy atom. The molecule has 5 nitrogen and oxygen atoms in total. The second-order valence-corrected chi connectivity index (χ2v) is 6.41. The van der Waals surface area contributed by atoms with Gasteiger partial charge >= 0.3 is 0 Å². The predicted molar refractivity (Wildman–Crippen MR) is 80.1 cm³/mol. The van der Waals surface area contributed by atoms with Gasteiger partial charge in [-0.1, -0.05) is 0 Å². The van der Waals surface area contributed by atoms with Crippen molar-refractivity contribution in [1.82, 2.24) is 19.5 Å². The zero-order valence-corrected chi connectivity index (χ0v) is 13.3. The number of carbonyl (C=O) groups is 1. The number of rotatable bonds is 5. The number of nitrogens with one attached hydrogen (secondary N) is 1. The molecule has 19 heavy (non-hydrogen) atoms. The van der Waals surface area contributed by atoms with Gasteiger partial charge in [0.2, 0.25) is 0 Å². The van der Waals surface area contributed by atoms with E-state index in [2.05, 4.69) is 14.8 Å². The van der Waals surface area contributed by atoms with Crippen molar-refractivity contribution >= 4 is 41.0 Å². The molecule has 0 unspecified atom stereocenters. The Bertz CT molecular complexity index is 557. The van der Waals surface area contributed by atoms with Crippen molar-refractivity contribution in [1.29, 1.82) is 0 Å². The van der Waals surface area contributed by atoms with Crippen LogP contribution >= 0.6 is 35.1 Å². The quantitative estimate of drug-likeness (QED) is 0.858. The van der Waals surface area contributed by atoms with Crippen LogP contribution in [0, 0.1) is 0 Å². The summed E-state index contributed by atoms with van der Waals surface area (Å²) < 4.78 is 6.96. The number of hydrogen-bond donors (Lipinski definition) is 1. The van der Waals surface area contributed by atoms with E-state index in [0.717, 1.165) is 14.8 Å². The number of nitrogens with zero attached hydrogens (tertiary/aromatic N) is 3. The molecule has 2 aromatic heterocycles. The van der Waals surface area contributed by atoms with Gasteiger partial charge in [0.25, 0.3) is 5.91 Å². The third kappa shape index (κ3) is 3.31. The van der Waals surface area contributed by atoms with Crippen molar-refractivity contribution in [3.8, 4) is 0 Å². The molecule has 0 bridgehead atoms. The van der Waals surface area contributed by atoms with Gasteiger partial charge < -0.3 is 5.32 Å². The van der Waals surface area contributed by atoms with E-state index in [1.54, 1.807) is 22.6 Å². The SMILES string of the molecule is CSc1nsc(SC)c1C(=O)NCc1cnn(C)c1. The van der Waals surface area contributed by atoms with Crippen molar-refractivity contribution in [3.63, 3.8) is 0 Å². The molecule has 2 heterocycles. The number of aryl methyl sites for hydroxylation is 1. The lowest BCUT2D eigenvalue weighted by atomic mass is 10.3. The molecular formula is C11H14N4OS3. The zero-order chi connectivity index (χ0) is 13.8. The van der Waals surface area contributed by atoms with Crippen molar-refractivity contribution < 1.29 is 4.79 Å². The molecule has 2 rings (SSSR count). The van der Waals surface area contributed by atoms with Crippen molar-refractivity contribution in [2.45, 2.75) is 15.8 Å². The topological polar surface area (TPSA) is 59.8 Å². The summed E-state index contributed by atoms with van der Waals surface area (Å²) in [5.41, 5.74) is 1.67. The molecule has 0 spiro atoms. The largest absolute Gasteiger partial charge is 0.348 e. The molecule has 0 saturated heterocycles. The highest BCUT2D eigenvalue weighted by molar-refractivity contribution is 8.01. The van der Waals surface area contributed by atoms with Crippen LogP contribution in [0.15, 0.2) is 21.6 Å². The van der Waals surface area contributed by atoms with Gasteiger partial charge in [0.15, 0.2) is 0 Å². The molecular weight excluding hydrogens is 300 g/mol. The normalized spacial score (nSPS) is 10.7. The van der Waals surface area contributed by atoms with Crippen LogP contribution in [0.1, 0.15) is 15.9 Å². The first kappa shape index (κ1) is 14.4. The summed E-state index contributed by atoms with van der Waals surface area (Å²) in [7, 11) is 1.85. The van der Waals surface area contributed by atoms with Crippen molar-refractivity contribution in [2.24, 2.45) is 7.05 Å². The number of aromatic nitrogens is 3. The molecule has 102 valence electrons. The number of amides is 1. The molecule has 0 atom stereocenters. The Morgan fingerprint density at radius 3 is 2.84 bits per heavy atom. The lowest BCUT2D eigenvalue weighted by molar-refractivity contribution is 0.0945. The van der Waals surface area contributed by atoms with E-state index in [0.29, 0.717) is 12.1 Å².